The molecule has 3 aliphatic rings. The Bertz CT molecular complexity index is 913. The Kier molecular flexibility index (Phi) is 4.81. The lowest BCUT2D eigenvalue weighted by atomic mass is 9.83. The largest absolute Gasteiger partial charge is 0.336 e. The molecule has 0 radical (unpaired) electrons. The first-order chi connectivity index (χ1) is 13.9. The predicted molar refractivity (Wildman–Crippen MR) is 106 cm³/mol. The van der Waals surface area contributed by atoms with Crippen molar-refractivity contribution in [3.05, 3.63) is 34.9 Å². The smallest absolute Gasteiger partial charge is 0.325 e. The van der Waals surface area contributed by atoms with E-state index in [9.17, 15) is 19.6 Å². The molecule has 1 atom stereocenters. The molecule has 1 aliphatic heterocycles. The van der Waals surface area contributed by atoms with Crippen LogP contribution in [0, 0.1) is 11.3 Å². The number of nitriles is 1. The Labute approximate surface area is 170 Å². The van der Waals surface area contributed by atoms with Gasteiger partial charge in [0, 0.05) is 0 Å². The number of rotatable bonds is 4. The zero-order chi connectivity index (χ0) is 20.6. The molecule has 7 heteroatoms. The van der Waals surface area contributed by atoms with Gasteiger partial charge < -0.3 is 10.6 Å². The molecule has 1 aromatic carbocycles. The number of amides is 4. The molecular formula is C22H26N4O3. The summed E-state index contributed by atoms with van der Waals surface area (Å²) in [5.74, 6) is -0.916. The summed E-state index contributed by atoms with van der Waals surface area (Å²) in [4.78, 5) is 39.2. The summed E-state index contributed by atoms with van der Waals surface area (Å²) in [6.07, 6.45) is 7.13. The topological polar surface area (TPSA) is 102 Å². The van der Waals surface area contributed by atoms with E-state index in [1.165, 1.54) is 11.1 Å². The molecule has 1 heterocycles. The van der Waals surface area contributed by atoms with Crippen molar-refractivity contribution in [2.75, 3.05) is 6.54 Å². The fourth-order valence-corrected chi connectivity index (χ4v) is 4.79. The second kappa shape index (κ2) is 7.18. The van der Waals surface area contributed by atoms with Crippen molar-refractivity contribution in [1.82, 2.24) is 15.5 Å². The van der Waals surface area contributed by atoms with Crippen LogP contribution in [-0.2, 0) is 28.0 Å². The quantitative estimate of drug-likeness (QED) is 0.765. The minimum Gasteiger partial charge on any atom is -0.336 e. The minimum atomic E-state index is -1.19. The molecule has 2 N–H and O–H groups in total. The standard InChI is InChI=1S/C22H26N4O3/c1-21(17-9-8-15-6-5-7-16(15)12-17)19(28)26(20(29)25-21)13-18(27)24-22(14-23)10-3-2-4-11-22/h8-9,12H,2-7,10-11,13H2,1H3,(H,24,27)(H,25,29)/t21-/m0/s1. The Hall–Kier alpha value is -2.88. The lowest BCUT2D eigenvalue weighted by Gasteiger charge is -2.32. The Balaban J connectivity index is 1.49. The molecule has 0 bridgehead atoms. The van der Waals surface area contributed by atoms with Crippen molar-refractivity contribution in [2.24, 2.45) is 0 Å². The summed E-state index contributed by atoms with van der Waals surface area (Å²) < 4.78 is 0. The van der Waals surface area contributed by atoms with Gasteiger partial charge in [0.25, 0.3) is 5.91 Å². The first-order valence-corrected chi connectivity index (χ1v) is 10.4. The number of nitrogens with zero attached hydrogens (tertiary/aromatic N) is 2. The third-order valence-corrected chi connectivity index (χ3v) is 6.55. The summed E-state index contributed by atoms with van der Waals surface area (Å²) >= 11 is 0. The van der Waals surface area contributed by atoms with Crippen LogP contribution in [0.4, 0.5) is 4.79 Å². The maximum absolute atomic E-state index is 13.1. The number of fused-ring (bicyclic) bond motifs is 1. The van der Waals surface area contributed by atoms with Crippen LogP contribution in [-0.4, -0.2) is 34.8 Å². The zero-order valence-electron chi connectivity index (χ0n) is 16.7. The van der Waals surface area contributed by atoms with E-state index in [-0.39, 0.29) is 6.54 Å². The van der Waals surface area contributed by atoms with Gasteiger partial charge in [-0.15, -0.1) is 0 Å². The van der Waals surface area contributed by atoms with Crippen LogP contribution in [0.1, 0.15) is 62.1 Å². The first kappa shape index (κ1) is 19.4. The summed E-state index contributed by atoms with van der Waals surface area (Å²) in [6, 6.07) is 7.55. The number of aryl methyl sites for hydroxylation is 2. The highest BCUT2D eigenvalue weighted by molar-refractivity contribution is 6.09. The van der Waals surface area contributed by atoms with Crippen LogP contribution in [0.15, 0.2) is 18.2 Å². The average molecular weight is 394 g/mol. The fraction of sp³-hybridized carbons (Fsp3) is 0.545. The van der Waals surface area contributed by atoms with Gasteiger partial charge in [0.15, 0.2) is 0 Å². The van der Waals surface area contributed by atoms with Gasteiger partial charge in [0.2, 0.25) is 5.91 Å². The number of urea groups is 1. The van der Waals surface area contributed by atoms with Gasteiger partial charge in [-0.25, -0.2) is 4.79 Å². The Morgan fingerprint density at radius 2 is 1.90 bits per heavy atom. The molecule has 2 aliphatic carbocycles. The molecule has 1 aromatic rings. The number of hydrogen-bond acceptors (Lipinski definition) is 4. The van der Waals surface area contributed by atoms with E-state index < -0.39 is 28.9 Å². The molecule has 1 saturated heterocycles. The summed E-state index contributed by atoms with van der Waals surface area (Å²) in [6.45, 7) is 1.30. The lowest BCUT2D eigenvalue weighted by Crippen LogP contribution is -2.52. The summed E-state index contributed by atoms with van der Waals surface area (Å²) in [5, 5.41) is 15.1. The highest BCUT2D eigenvalue weighted by Crippen LogP contribution is 2.33. The van der Waals surface area contributed by atoms with Crippen LogP contribution in [0.25, 0.3) is 0 Å². The van der Waals surface area contributed by atoms with Gasteiger partial charge in [-0.1, -0.05) is 37.5 Å². The van der Waals surface area contributed by atoms with Crippen LogP contribution < -0.4 is 10.6 Å². The van der Waals surface area contributed by atoms with E-state index >= 15 is 0 Å². The van der Waals surface area contributed by atoms with E-state index in [2.05, 4.69) is 16.7 Å². The summed E-state index contributed by atoms with van der Waals surface area (Å²) in [5.41, 5.74) is 1.17. The monoisotopic (exact) mass is 394 g/mol. The number of carbonyl (C=O) groups excluding carboxylic acids is 3. The van der Waals surface area contributed by atoms with Crippen molar-refractivity contribution in [3.8, 4) is 6.07 Å². The van der Waals surface area contributed by atoms with Crippen LogP contribution in [0.2, 0.25) is 0 Å². The molecule has 29 heavy (non-hydrogen) atoms. The second-order valence-corrected chi connectivity index (χ2v) is 8.59. The van der Waals surface area contributed by atoms with E-state index in [4.69, 9.17) is 0 Å². The third kappa shape index (κ3) is 3.37. The van der Waals surface area contributed by atoms with Crippen molar-refractivity contribution in [2.45, 2.75) is 69.4 Å². The highest BCUT2D eigenvalue weighted by Gasteiger charge is 2.50. The van der Waals surface area contributed by atoms with Crippen molar-refractivity contribution in [3.63, 3.8) is 0 Å². The fourth-order valence-electron chi connectivity index (χ4n) is 4.79. The number of benzene rings is 1. The third-order valence-electron chi connectivity index (χ3n) is 6.55. The molecule has 2 fully saturated rings. The SMILES string of the molecule is C[C@@]1(c2ccc3c(c2)CCC3)NC(=O)N(CC(=O)NC2(C#N)CCCCC2)C1=O. The normalized spacial score (nSPS) is 25.3. The molecular weight excluding hydrogens is 368 g/mol. The van der Waals surface area contributed by atoms with Crippen molar-refractivity contribution in [1.29, 1.82) is 5.26 Å². The van der Waals surface area contributed by atoms with E-state index in [0.29, 0.717) is 12.8 Å². The Morgan fingerprint density at radius 3 is 2.62 bits per heavy atom. The minimum absolute atomic E-state index is 0.380. The molecule has 7 nitrogen and oxygen atoms in total. The molecule has 152 valence electrons. The number of carbonyl (C=O) groups is 3. The summed E-state index contributed by atoms with van der Waals surface area (Å²) in [7, 11) is 0. The van der Waals surface area contributed by atoms with Gasteiger partial charge in [-0.05, 0) is 55.7 Å². The maximum Gasteiger partial charge on any atom is 0.325 e. The van der Waals surface area contributed by atoms with Crippen molar-refractivity contribution >= 4 is 17.8 Å². The van der Waals surface area contributed by atoms with Gasteiger partial charge in [0.05, 0.1) is 6.07 Å². The number of nitrogens with one attached hydrogen (secondary N) is 2. The van der Waals surface area contributed by atoms with E-state index in [1.54, 1.807) is 6.92 Å². The van der Waals surface area contributed by atoms with Crippen LogP contribution in [0.5, 0.6) is 0 Å². The van der Waals surface area contributed by atoms with Crippen LogP contribution in [0.3, 0.4) is 0 Å². The number of imide groups is 1. The molecule has 0 aromatic heterocycles. The Morgan fingerprint density at radius 1 is 1.17 bits per heavy atom. The molecule has 4 amide bonds. The van der Waals surface area contributed by atoms with Gasteiger partial charge in [0.1, 0.15) is 17.6 Å². The van der Waals surface area contributed by atoms with Crippen LogP contribution >= 0.6 is 0 Å². The average Bonchev–Trinajstić information content (AvgIpc) is 3.27. The predicted octanol–water partition coefficient (Wildman–Crippen LogP) is 2.28. The van der Waals surface area contributed by atoms with Crippen molar-refractivity contribution < 1.29 is 14.4 Å². The second-order valence-electron chi connectivity index (χ2n) is 8.59. The molecule has 1 saturated carbocycles. The van der Waals surface area contributed by atoms with Gasteiger partial charge in [-0.2, -0.15) is 5.26 Å². The first-order valence-electron chi connectivity index (χ1n) is 10.4. The molecule has 0 spiro atoms. The highest BCUT2D eigenvalue weighted by atomic mass is 16.2. The molecule has 0 unspecified atom stereocenters. The zero-order valence-corrected chi connectivity index (χ0v) is 16.7. The van der Waals surface area contributed by atoms with Gasteiger partial charge in [-0.3, -0.25) is 14.5 Å². The van der Waals surface area contributed by atoms with Gasteiger partial charge >= 0.3 is 6.03 Å². The number of hydrogen-bond donors (Lipinski definition) is 2. The van der Waals surface area contributed by atoms with E-state index in [0.717, 1.165) is 49.0 Å². The molecule has 4 rings (SSSR count). The van der Waals surface area contributed by atoms with E-state index in [1.807, 2.05) is 18.2 Å². The lowest BCUT2D eigenvalue weighted by molar-refractivity contribution is -0.135. The maximum atomic E-state index is 13.1.